The van der Waals surface area contributed by atoms with Gasteiger partial charge in [-0.1, -0.05) is 17.7 Å². The quantitative estimate of drug-likeness (QED) is 0.695. The number of aryl methyl sites for hydroxylation is 1. The van der Waals surface area contributed by atoms with Gasteiger partial charge in [-0.2, -0.15) is 0 Å². The van der Waals surface area contributed by atoms with Crippen molar-refractivity contribution in [2.75, 3.05) is 18.5 Å². The first-order valence-electron chi connectivity index (χ1n) is 7.34. The van der Waals surface area contributed by atoms with Crippen molar-refractivity contribution in [2.45, 2.75) is 26.6 Å². The normalized spacial score (nSPS) is 13.0. The van der Waals surface area contributed by atoms with E-state index in [9.17, 15) is 4.57 Å². The van der Waals surface area contributed by atoms with Gasteiger partial charge in [-0.3, -0.25) is 4.57 Å². The lowest BCUT2D eigenvalue weighted by molar-refractivity contribution is 0.211. The van der Waals surface area contributed by atoms with Gasteiger partial charge in [0.15, 0.2) is 5.78 Å². The van der Waals surface area contributed by atoms with Gasteiger partial charge in [-0.15, -0.1) is 0 Å². The third-order valence-corrected chi connectivity index (χ3v) is 5.35. The summed E-state index contributed by atoms with van der Waals surface area (Å²) in [6.45, 7) is 6.18. The molecule has 120 valence electrons. The fourth-order valence-electron chi connectivity index (χ4n) is 2.11. The molecule has 1 atom stereocenters. The first-order chi connectivity index (χ1) is 10.6. The Morgan fingerprint density at radius 2 is 1.77 bits per heavy atom. The Labute approximate surface area is 131 Å². The highest BCUT2D eigenvalue weighted by atomic mass is 31.2. The van der Waals surface area contributed by atoms with Crippen LogP contribution in [0, 0.1) is 6.92 Å². The largest absolute Gasteiger partial charge is 0.466 e. The van der Waals surface area contributed by atoms with Gasteiger partial charge in [-0.05, 0) is 45.0 Å². The van der Waals surface area contributed by atoms with Crippen LogP contribution in [0.2, 0.25) is 0 Å². The molecule has 1 N–H and O–H groups in total. The number of anilines is 1. The molecule has 0 radical (unpaired) electrons. The molecular formula is C16H22NO4P. The molecule has 0 saturated heterocycles. The van der Waals surface area contributed by atoms with Crippen molar-refractivity contribution >= 4 is 13.3 Å². The Kier molecular flexibility index (Phi) is 5.83. The number of hydrogen-bond donors (Lipinski definition) is 1. The minimum Gasteiger partial charge on any atom is -0.466 e. The van der Waals surface area contributed by atoms with Crippen LogP contribution in [0.3, 0.4) is 0 Å². The smallest absolute Gasteiger partial charge is 0.360 e. The second-order valence-electron chi connectivity index (χ2n) is 4.80. The molecule has 6 heteroatoms. The summed E-state index contributed by atoms with van der Waals surface area (Å²) in [6.07, 6.45) is 1.54. The summed E-state index contributed by atoms with van der Waals surface area (Å²) in [7, 11) is -3.40. The fraction of sp³-hybridized carbons (Fsp3) is 0.375. The van der Waals surface area contributed by atoms with Crippen LogP contribution in [0.15, 0.2) is 47.1 Å². The lowest BCUT2D eigenvalue weighted by atomic mass is 10.2. The highest BCUT2D eigenvalue weighted by molar-refractivity contribution is 7.54. The Morgan fingerprint density at radius 3 is 2.27 bits per heavy atom. The number of benzene rings is 1. The molecule has 0 saturated carbocycles. The van der Waals surface area contributed by atoms with E-state index in [2.05, 4.69) is 5.32 Å². The molecule has 0 aliphatic carbocycles. The summed E-state index contributed by atoms with van der Waals surface area (Å²) in [5, 5.41) is 3.21. The number of hydrogen-bond acceptors (Lipinski definition) is 5. The topological polar surface area (TPSA) is 60.7 Å². The summed E-state index contributed by atoms with van der Waals surface area (Å²) in [5.41, 5.74) is 1.98. The molecule has 0 spiro atoms. The Bertz CT molecular complexity index is 600. The summed E-state index contributed by atoms with van der Waals surface area (Å²) in [4.78, 5) is 0. The van der Waals surface area contributed by atoms with Crippen LogP contribution >= 0.6 is 7.60 Å². The fourth-order valence-corrected chi connectivity index (χ4v) is 3.97. The van der Waals surface area contributed by atoms with Crippen LogP contribution < -0.4 is 5.32 Å². The van der Waals surface area contributed by atoms with Gasteiger partial charge in [0.1, 0.15) is 5.76 Å². The van der Waals surface area contributed by atoms with E-state index in [1.165, 1.54) is 0 Å². The van der Waals surface area contributed by atoms with Crippen LogP contribution in [0.1, 0.15) is 31.0 Å². The summed E-state index contributed by atoms with van der Waals surface area (Å²) >= 11 is 0. The van der Waals surface area contributed by atoms with Crippen molar-refractivity contribution in [3.63, 3.8) is 0 Å². The Hall–Kier alpha value is -1.55. The van der Waals surface area contributed by atoms with E-state index in [1.54, 1.807) is 32.2 Å². The van der Waals surface area contributed by atoms with Gasteiger partial charge in [0.05, 0.1) is 19.5 Å². The molecule has 0 fully saturated rings. The average Bonchev–Trinajstić information content (AvgIpc) is 3.01. The standard InChI is InChI=1S/C16H22NO4P/c1-4-20-22(18,21-5-2)16(15-7-6-12-19-15)17-14-10-8-13(3)9-11-14/h6-12,16-17H,4-5H2,1-3H3/t16-/m0/s1. The molecule has 0 bridgehead atoms. The lowest BCUT2D eigenvalue weighted by Crippen LogP contribution is -2.14. The van der Waals surface area contributed by atoms with Crippen molar-refractivity contribution in [1.82, 2.24) is 0 Å². The van der Waals surface area contributed by atoms with E-state index in [0.717, 1.165) is 11.3 Å². The van der Waals surface area contributed by atoms with E-state index < -0.39 is 13.4 Å². The van der Waals surface area contributed by atoms with E-state index in [1.807, 2.05) is 31.2 Å². The van der Waals surface area contributed by atoms with Crippen LogP contribution in [0.25, 0.3) is 0 Å². The average molecular weight is 323 g/mol. The SMILES string of the molecule is CCOP(=O)(OCC)[C@H](Nc1ccc(C)cc1)c1ccco1. The molecule has 22 heavy (non-hydrogen) atoms. The van der Waals surface area contributed by atoms with Gasteiger partial charge in [0, 0.05) is 5.69 Å². The van der Waals surface area contributed by atoms with Crippen LogP contribution in [0.4, 0.5) is 5.69 Å². The van der Waals surface area contributed by atoms with E-state index >= 15 is 0 Å². The third kappa shape index (κ3) is 4.01. The lowest BCUT2D eigenvalue weighted by Gasteiger charge is -2.26. The molecule has 0 aliphatic rings. The monoisotopic (exact) mass is 323 g/mol. The molecule has 1 heterocycles. The van der Waals surface area contributed by atoms with E-state index in [0.29, 0.717) is 19.0 Å². The molecular weight excluding hydrogens is 301 g/mol. The van der Waals surface area contributed by atoms with Crippen molar-refractivity contribution in [3.8, 4) is 0 Å². The summed E-state index contributed by atoms with van der Waals surface area (Å²) in [5.74, 6) is -0.170. The minimum absolute atomic E-state index is 0.296. The zero-order valence-electron chi connectivity index (χ0n) is 13.1. The molecule has 0 aliphatic heterocycles. The summed E-state index contributed by atoms with van der Waals surface area (Å²) < 4.78 is 29.5. The van der Waals surface area contributed by atoms with Gasteiger partial charge >= 0.3 is 7.60 Å². The van der Waals surface area contributed by atoms with E-state index in [-0.39, 0.29) is 0 Å². The van der Waals surface area contributed by atoms with Crippen molar-refractivity contribution in [1.29, 1.82) is 0 Å². The maximum absolute atomic E-state index is 13.1. The molecule has 0 amide bonds. The predicted octanol–water partition coefficient (Wildman–Crippen LogP) is 4.96. The Balaban J connectivity index is 2.33. The minimum atomic E-state index is -3.40. The van der Waals surface area contributed by atoms with Gasteiger partial charge < -0.3 is 18.8 Å². The zero-order valence-corrected chi connectivity index (χ0v) is 14.0. The molecule has 2 rings (SSSR count). The third-order valence-electron chi connectivity index (χ3n) is 3.10. The van der Waals surface area contributed by atoms with Crippen LogP contribution in [0.5, 0.6) is 0 Å². The first-order valence-corrected chi connectivity index (χ1v) is 8.95. The number of furan rings is 1. The maximum atomic E-state index is 13.1. The summed E-state index contributed by atoms with van der Waals surface area (Å²) in [6, 6.07) is 11.3. The van der Waals surface area contributed by atoms with Crippen molar-refractivity contribution in [2.24, 2.45) is 0 Å². The van der Waals surface area contributed by atoms with Gasteiger partial charge in [0.2, 0.25) is 0 Å². The van der Waals surface area contributed by atoms with E-state index in [4.69, 9.17) is 13.5 Å². The predicted molar refractivity (Wildman–Crippen MR) is 87.1 cm³/mol. The van der Waals surface area contributed by atoms with Crippen molar-refractivity contribution in [3.05, 3.63) is 54.0 Å². The van der Waals surface area contributed by atoms with Crippen LogP contribution in [-0.2, 0) is 13.6 Å². The molecule has 1 aromatic carbocycles. The maximum Gasteiger partial charge on any atom is 0.360 e. The number of nitrogens with one attached hydrogen (secondary N) is 1. The highest BCUT2D eigenvalue weighted by Gasteiger charge is 2.39. The molecule has 2 aromatic rings. The molecule has 1 aromatic heterocycles. The molecule has 0 unspecified atom stereocenters. The zero-order chi connectivity index (χ0) is 16.0. The van der Waals surface area contributed by atoms with Crippen LogP contribution in [-0.4, -0.2) is 13.2 Å². The molecule has 5 nitrogen and oxygen atoms in total. The number of rotatable bonds is 8. The van der Waals surface area contributed by atoms with Gasteiger partial charge in [0.25, 0.3) is 0 Å². The second-order valence-corrected chi connectivity index (χ2v) is 6.92. The highest BCUT2D eigenvalue weighted by Crippen LogP contribution is 2.60. The Morgan fingerprint density at radius 1 is 1.14 bits per heavy atom. The first kappa shape index (κ1) is 16.8. The van der Waals surface area contributed by atoms with Gasteiger partial charge in [-0.25, -0.2) is 0 Å². The van der Waals surface area contributed by atoms with Crippen molar-refractivity contribution < 1.29 is 18.0 Å². The second kappa shape index (κ2) is 7.63.